The van der Waals surface area contributed by atoms with Gasteiger partial charge in [0.25, 0.3) is 0 Å². The number of halogens is 1. The lowest BCUT2D eigenvalue weighted by Gasteiger charge is -2.32. The number of carbonyl (C=O) groups excluding carboxylic acids is 2. The van der Waals surface area contributed by atoms with E-state index in [1.165, 1.54) is 10.6 Å². The number of hydrogen-bond donors (Lipinski definition) is 1. The fraction of sp³-hybridized carbons (Fsp3) is 0.394. The molecular formula is C33H42ClN3O4S. The number of carbonyl (C=O) groups is 2. The summed E-state index contributed by atoms with van der Waals surface area (Å²) < 4.78 is 26.7. The highest BCUT2D eigenvalue weighted by atomic mass is 35.5. The van der Waals surface area contributed by atoms with Gasteiger partial charge in [0.05, 0.1) is 11.9 Å². The average Bonchev–Trinajstić information content (AvgIpc) is 2.94. The third kappa shape index (κ3) is 9.60. The van der Waals surface area contributed by atoms with Crippen LogP contribution in [0.5, 0.6) is 0 Å². The summed E-state index contributed by atoms with van der Waals surface area (Å²) >= 11 is 6.50. The smallest absolute Gasteiger partial charge is 0.243 e. The second kappa shape index (κ2) is 15.2. The summed E-state index contributed by atoms with van der Waals surface area (Å²) in [6.45, 7) is 8.71. The molecule has 3 aromatic rings. The van der Waals surface area contributed by atoms with Crippen molar-refractivity contribution in [3.05, 3.63) is 100 Å². The Kier molecular flexibility index (Phi) is 12.0. The third-order valence-electron chi connectivity index (χ3n) is 7.18. The van der Waals surface area contributed by atoms with Crippen molar-refractivity contribution in [2.24, 2.45) is 5.92 Å². The Labute approximate surface area is 255 Å². The summed E-state index contributed by atoms with van der Waals surface area (Å²) in [5.74, 6) is -0.239. The summed E-state index contributed by atoms with van der Waals surface area (Å²) in [5.41, 5.74) is 4.28. The number of benzene rings is 3. The number of amides is 2. The van der Waals surface area contributed by atoms with Gasteiger partial charge in [-0.1, -0.05) is 80.0 Å². The molecule has 1 atom stereocenters. The molecular weight excluding hydrogens is 570 g/mol. The number of anilines is 1. The lowest BCUT2D eigenvalue weighted by Crippen LogP contribution is -2.51. The lowest BCUT2D eigenvalue weighted by atomic mass is 10.0. The topological polar surface area (TPSA) is 86.8 Å². The summed E-state index contributed by atoms with van der Waals surface area (Å²) in [5, 5.41) is 3.52. The van der Waals surface area contributed by atoms with Gasteiger partial charge in [-0.15, -0.1) is 0 Å². The predicted molar refractivity (Wildman–Crippen MR) is 171 cm³/mol. The average molecular weight is 612 g/mol. The van der Waals surface area contributed by atoms with Crippen LogP contribution in [-0.2, 0) is 32.6 Å². The lowest BCUT2D eigenvalue weighted by molar-refractivity contribution is -0.141. The molecule has 0 saturated carbocycles. The molecule has 0 unspecified atom stereocenters. The van der Waals surface area contributed by atoms with Gasteiger partial charge in [-0.3, -0.25) is 13.9 Å². The molecule has 3 rings (SSSR count). The Balaban J connectivity index is 1.89. The van der Waals surface area contributed by atoms with E-state index in [4.69, 9.17) is 11.6 Å². The summed E-state index contributed by atoms with van der Waals surface area (Å²) in [6, 6.07) is 21.6. The SMILES string of the molecule is Cc1ccc(N(CCCC(=O)N(Cc2ccccc2Cl)[C@@H](Cc2ccccc2)C(=O)NCC(C)C)S(C)(=O)=O)cc1C. The first-order valence-corrected chi connectivity index (χ1v) is 16.5. The first kappa shape index (κ1) is 33.1. The minimum Gasteiger partial charge on any atom is -0.354 e. The van der Waals surface area contributed by atoms with Crippen LogP contribution in [0, 0.1) is 19.8 Å². The van der Waals surface area contributed by atoms with Crippen molar-refractivity contribution in [1.82, 2.24) is 10.2 Å². The molecule has 0 aromatic heterocycles. The van der Waals surface area contributed by atoms with Crippen LogP contribution >= 0.6 is 11.6 Å². The molecule has 0 heterocycles. The molecule has 0 saturated heterocycles. The normalized spacial score (nSPS) is 12.2. The van der Waals surface area contributed by atoms with E-state index in [0.29, 0.717) is 23.7 Å². The van der Waals surface area contributed by atoms with Gasteiger partial charge in [0.2, 0.25) is 21.8 Å². The fourth-order valence-corrected chi connectivity index (χ4v) is 5.82. The highest BCUT2D eigenvalue weighted by Gasteiger charge is 2.31. The van der Waals surface area contributed by atoms with Crippen molar-refractivity contribution < 1.29 is 18.0 Å². The first-order valence-electron chi connectivity index (χ1n) is 14.3. The Bertz CT molecular complexity index is 1460. The van der Waals surface area contributed by atoms with Crippen molar-refractivity contribution in [2.75, 3.05) is 23.7 Å². The zero-order valence-corrected chi connectivity index (χ0v) is 26.7. The van der Waals surface area contributed by atoms with E-state index in [-0.39, 0.29) is 43.7 Å². The van der Waals surface area contributed by atoms with Crippen LogP contribution in [0.25, 0.3) is 0 Å². The van der Waals surface area contributed by atoms with Gasteiger partial charge in [-0.25, -0.2) is 8.42 Å². The largest absolute Gasteiger partial charge is 0.354 e. The van der Waals surface area contributed by atoms with E-state index < -0.39 is 16.1 Å². The van der Waals surface area contributed by atoms with Gasteiger partial charge in [0, 0.05) is 37.5 Å². The standard InChI is InChI=1S/C33H42ClN3O4S/c1-24(2)22-35-33(39)31(21-27-12-7-6-8-13-27)36(23-28-14-9-10-15-30(28)34)32(38)16-11-19-37(42(5,40)41)29-18-17-25(3)26(4)20-29/h6-10,12-15,17-18,20,24,31H,11,16,19,21-23H2,1-5H3,(H,35,39)/t31-/m0/s1. The van der Waals surface area contributed by atoms with Crippen molar-refractivity contribution >= 4 is 39.1 Å². The van der Waals surface area contributed by atoms with Gasteiger partial charge in [-0.2, -0.15) is 0 Å². The molecule has 0 aliphatic carbocycles. The Morgan fingerprint density at radius 1 is 0.929 bits per heavy atom. The summed E-state index contributed by atoms with van der Waals surface area (Å²) in [4.78, 5) is 29.1. The van der Waals surface area contributed by atoms with E-state index in [9.17, 15) is 18.0 Å². The Morgan fingerprint density at radius 3 is 2.21 bits per heavy atom. The van der Waals surface area contributed by atoms with Gasteiger partial charge >= 0.3 is 0 Å². The third-order valence-corrected chi connectivity index (χ3v) is 8.75. The molecule has 0 radical (unpaired) electrons. The second-order valence-electron chi connectivity index (χ2n) is 11.2. The van der Waals surface area contributed by atoms with Gasteiger partial charge in [0.1, 0.15) is 6.04 Å². The van der Waals surface area contributed by atoms with Crippen LogP contribution in [0.15, 0.2) is 72.8 Å². The van der Waals surface area contributed by atoms with E-state index in [1.807, 2.05) is 88.4 Å². The predicted octanol–water partition coefficient (Wildman–Crippen LogP) is 5.92. The maximum absolute atomic E-state index is 13.9. The first-order chi connectivity index (χ1) is 19.9. The Morgan fingerprint density at radius 2 is 1.60 bits per heavy atom. The molecule has 42 heavy (non-hydrogen) atoms. The number of rotatable bonds is 14. The number of nitrogens with zero attached hydrogens (tertiary/aromatic N) is 2. The second-order valence-corrected chi connectivity index (χ2v) is 13.5. The molecule has 0 aliphatic rings. The molecule has 7 nitrogen and oxygen atoms in total. The van der Waals surface area contributed by atoms with Crippen molar-refractivity contribution in [1.29, 1.82) is 0 Å². The number of aryl methyl sites for hydroxylation is 2. The van der Waals surface area contributed by atoms with E-state index in [2.05, 4.69) is 5.32 Å². The number of nitrogens with one attached hydrogen (secondary N) is 1. The zero-order valence-electron chi connectivity index (χ0n) is 25.1. The maximum atomic E-state index is 13.9. The molecule has 0 bridgehead atoms. The van der Waals surface area contributed by atoms with E-state index in [0.717, 1.165) is 22.3 Å². The van der Waals surface area contributed by atoms with E-state index in [1.54, 1.807) is 17.0 Å². The number of hydrogen-bond acceptors (Lipinski definition) is 4. The molecule has 226 valence electrons. The van der Waals surface area contributed by atoms with Crippen LogP contribution in [0.1, 0.15) is 48.9 Å². The summed E-state index contributed by atoms with van der Waals surface area (Å²) in [7, 11) is -3.58. The molecule has 0 spiro atoms. The van der Waals surface area contributed by atoms with Gasteiger partial charge < -0.3 is 10.2 Å². The molecule has 1 N–H and O–H groups in total. The molecule has 0 fully saturated rings. The van der Waals surface area contributed by atoms with Gasteiger partial charge in [0.15, 0.2) is 0 Å². The van der Waals surface area contributed by atoms with Crippen LogP contribution in [0.4, 0.5) is 5.69 Å². The van der Waals surface area contributed by atoms with Crippen molar-refractivity contribution in [3.63, 3.8) is 0 Å². The van der Waals surface area contributed by atoms with Crippen LogP contribution < -0.4 is 9.62 Å². The molecule has 9 heteroatoms. The van der Waals surface area contributed by atoms with Crippen LogP contribution in [-0.4, -0.2) is 50.5 Å². The van der Waals surface area contributed by atoms with Gasteiger partial charge in [-0.05, 0) is 66.6 Å². The van der Waals surface area contributed by atoms with Crippen molar-refractivity contribution in [2.45, 2.75) is 59.5 Å². The van der Waals surface area contributed by atoms with Crippen LogP contribution in [0.2, 0.25) is 5.02 Å². The monoisotopic (exact) mass is 611 g/mol. The van der Waals surface area contributed by atoms with E-state index >= 15 is 0 Å². The molecule has 2 amide bonds. The number of sulfonamides is 1. The quantitative estimate of drug-likeness (QED) is 0.245. The minimum absolute atomic E-state index is 0.0596. The minimum atomic E-state index is -3.58. The molecule has 3 aromatic carbocycles. The van der Waals surface area contributed by atoms with Crippen molar-refractivity contribution in [3.8, 4) is 0 Å². The highest BCUT2D eigenvalue weighted by Crippen LogP contribution is 2.24. The van der Waals surface area contributed by atoms with Crippen LogP contribution in [0.3, 0.4) is 0 Å². The fourth-order valence-electron chi connectivity index (χ4n) is 4.67. The zero-order chi connectivity index (χ0) is 30.9. The Hall–Kier alpha value is -3.36. The maximum Gasteiger partial charge on any atom is 0.243 e. The summed E-state index contributed by atoms with van der Waals surface area (Å²) in [6.07, 6.45) is 1.84. The highest BCUT2D eigenvalue weighted by molar-refractivity contribution is 7.92. The molecule has 0 aliphatic heterocycles.